The van der Waals surface area contributed by atoms with Gasteiger partial charge in [0.05, 0.1) is 6.04 Å². The lowest BCUT2D eigenvalue weighted by Gasteiger charge is -2.29. The van der Waals surface area contributed by atoms with Crippen LogP contribution in [0.5, 0.6) is 5.75 Å². The topological polar surface area (TPSA) is 47.2 Å². The highest BCUT2D eigenvalue weighted by Crippen LogP contribution is 2.23. The number of fused-ring (bicyclic) bond motifs is 1. The minimum atomic E-state index is 0.0000457. The Morgan fingerprint density at radius 2 is 1.58 bits per heavy atom. The predicted octanol–water partition coefficient (Wildman–Crippen LogP) is 0.879. The van der Waals surface area contributed by atoms with Gasteiger partial charge in [0, 0.05) is 0 Å². The zero-order chi connectivity index (χ0) is 21.5. The first-order chi connectivity index (χ1) is 15.2. The Kier molecular flexibility index (Phi) is 7.18. The summed E-state index contributed by atoms with van der Waals surface area (Å²) in [4.78, 5) is 15.6. The fourth-order valence-electron chi connectivity index (χ4n) is 4.44. The minimum Gasteiger partial charge on any atom is -0.488 e. The molecule has 1 amide bonds. The second-order valence-corrected chi connectivity index (χ2v) is 8.45. The summed E-state index contributed by atoms with van der Waals surface area (Å²) in [6.45, 7) is 8.57. The van der Waals surface area contributed by atoms with Crippen LogP contribution in [-0.2, 0) is 4.79 Å². The van der Waals surface area contributed by atoms with Gasteiger partial charge in [-0.3, -0.25) is 4.79 Å². The number of carbonyl (C=O) groups is 1. The second-order valence-electron chi connectivity index (χ2n) is 8.45. The Balaban J connectivity index is 1.20. The van der Waals surface area contributed by atoms with Crippen LogP contribution < -0.4 is 19.9 Å². The standard InChI is InChI=1S/C26H31N3O2/c1-21(24-13-7-9-22-8-5-6-12-25(22)24)27-26(30)20-29-16-14-28(15-17-29)18-19-31-23-10-3-2-4-11-23/h2-13,21H,14-20H2,1H3,(H,27,30)/p+2/t21-/m0/s1. The number of hydrogen-bond acceptors (Lipinski definition) is 2. The molecule has 0 saturated carbocycles. The van der Waals surface area contributed by atoms with E-state index in [1.807, 2.05) is 36.4 Å². The van der Waals surface area contributed by atoms with Crippen molar-refractivity contribution in [3.8, 4) is 5.75 Å². The zero-order valence-electron chi connectivity index (χ0n) is 18.3. The number of para-hydroxylation sites is 1. The van der Waals surface area contributed by atoms with E-state index in [-0.39, 0.29) is 11.9 Å². The molecule has 0 bridgehead atoms. The number of rotatable bonds is 8. The van der Waals surface area contributed by atoms with E-state index in [1.165, 1.54) is 21.2 Å². The molecule has 3 aromatic carbocycles. The Bertz CT molecular complexity index is 979. The SMILES string of the molecule is C[C@H](NC(=O)C[NH+]1CC[NH+](CCOc2ccccc2)CC1)c1cccc2ccccc12. The molecule has 1 aliphatic heterocycles. The number of hydrogen-bond donors (Lipinski definition) is 3. The first kappa shape index (κ1) is 21.3. The van der Waals surface area contributed by atoms with Gasteiger partial charge in [-0.2, -0.15) is 0 Å². The highest BCUT2D eigenvalue weighted by molar-refractivity contribution is 5.87. The Hall–Kier alpha value is -2.89. The van der Waals surface area contributed by atoms with E-state index in [1.54, 1.807) is 4.90 Å². The van der Waals surface area contributed by atoms with E-state index in [2.05, 4.69) is 48.6 Å². The number of nitrogens with one attached hydrogen (secondary N) is 3. The van der Waals surface area contributed by atoms with Crippen LogP contribution in [0.25, 0.3) is 10.8 Å². The van der Waals surface area contributed by atoms with Crippen LogP contribution >= 0.6 is 0 Å². The number of quaternary nitrogens is 2. The molecule has 4 rings (SSSR count). The molecule has 0 spiro atoms. The van der Waals surface area contributed by atoms with Crippen molar-refractivity contribution in [2.75, 3.05) is 45.9 Å². The summed E-state index contributed by atoms with van der Waals surface area (Å²) in [7, 11) is 0. The Morgan fingerprint density at radius 3 is 2.39 bits per heavy atom. The van der Waals surface area contributed by atoms with E-state index >= 15 is 0 Å². The summed E-state index contributed by atoms with van der Waals surface area (Å²) in [5, 5.41) is 5.63. The molecule has 1 atom stereocenters. The lowest BCUT2D eigenvalue weighted by Crippen LogP contribution is -3.28. The molecule has 1 fully saturated rings. The molecular weight excluding hydrogens is 386 g/mol. The summed E-state index contributed by atoms with van der Waals surface area (Å²) in [6.07, 6.45) is 0. The molecule has 1 aliphatic rings. The van der Waals surface area contributed by atoms with Crippen LogP contribution in [0.2, 0.25) is 0 Å². The Morgan fingerprint density at radius 1 is 0.903 bits per heavy atom. The van der Waals surface area contributed by atoms with Gasteiger partial charge in [-0.15, -0.1) is 0 Å². The van der Waals surface area contributed by atoms with Gasteiger partial charge in [0.2, 0.25) is 0 Å². The van der Waals surface area contributed by atoms with E-state index in [4.69, 9.17) is 4.74 Å². The fourth-order valence-corrected chi connectivity index (χ4v) is 4.44. The molecule has 0 radical (unpaired) electrons. The van der Waals surface area contributed by atoms with Gasteiger partial charge >= 0.3 is 0 Å². The molecular formula is C26H33N3O2+2. The lowest BCUT2D eigenvalue weighted by molar-refractivity contribution is -1.01. The smallest absolute Gasteiger partial charge is 0.275 e. The molecule has 0 aromatic heterocycles. The van der Waals surface area contributed by atoms with Crippen molar-refractivity contribution in [3.63, 3.8) is 0 Å². The Labute approximate surface area is 184 Å². The molecule has 162 valence electrons. The maximum atomic E-state index is 12.7. The summed E-state index contributed by atoms with van der Waals surface area (Å²) in [5.74, 6) is 1.06. The molecule has 0 unspecified atom stereocenters. The van der Waals surface area contributed by atoms with Gasteiger partial charge in [-0.25, -0.2) is 0 Å². The first-order valence-corrected chi connectivity index (χ1v) is 11.3. The third-order valence-electron chi connectivity index (χ3n) is 6.21. The number of piperazine rings is 1. The number of amides is 1. The predicted molar refractivity (Wildman–Crippen MR) is 124 cm³/mol. The fraction of sp³-hybridized carbons (Fsp3) is 0.346. The van der Waals surface area contributed by atoms with Crippen LogP contribution in [0, 0.1) is 0 Å². The van der Waals surface area contributed by atoms with Crippen molar-refractivity contribution < 1.29 is 19.3 Å². The largest absolute Gasteiger partial charge is 0.488 e. The highest BCUT2D eigenvalue weighted by Gasteiger charge is 2.25. The average molecular weight is 420 g/mol. The summed E-state index contributed by atoms with van der Waals surface area (Å²) in [5.41, 5.74) is 1.18. The second kappa shape index (κ2) is 10.4. The third kappa shape index (κ3) is 5.84. The van der Waals surface area contributed by atoms with Gasteiger partial charge in [0.1, 0.15) is 45.1 Å². The summed E-state index contributed by atoms with van der Waals surface area (Å²) < 4.78 is 5.82. The van der Waals surface area contributed by atoms with Gasteiger partial charge in [0.15, 0.2) is 6.54 Å². The van der Waals surface area contributed by atoms with Crippen molar-refractivity contribution in [1.82, 2.24) is 5.32 Å². The quantitative estimate of drug-likeness (QED) is 0.508. The highest BCUT2D eigenvalue weighted by atomic mass is 16.5. The van der Waals surface area contributed by atoms with Crippen LogP contribution in [-0.4, -0.2) is 51.8 Å². The van der Waals surface area contributed by atoms with Gasteiger partial charge in [-0.1, -0.05) is 60.7 Å². The van der Waals surface area contributed by atoms with Crippen molar-refractivity contribution in [3.05, 3.63) is 78.4 Å². The van der Waals surface area contributed by atoms with Crippen LogP contribution in [0.1, 0.15) is 18.5 Å². The molecule has 5 nitrogen and oxygen atoms in total. The molecule has 1 saturated heterocycles. The molecule has 1 heterocycles. The summed E-state index contributed by atoms with van der Waals surface area (Å²) >= 11 is 0. The maximum Gasteiger partial charge on any atom is 0.275 e. The monoisotopic (exact) mass is 419 g/mol. The molecule has 5 heteroatoms. The molecule has 0 aliphatic carbocycles. The minimum absolute atomic E-state index is 0.0000457. The van der Waals surface area contributed by atoms with Crippen LogP contribution in [0.3, 0.4) is 0 Å². The first-order valence-electron chi connectivity index (χ1n) is 11.3. The number of carbonyl (C=O) groups excluding carboxylic acids is 1. The summed E-state index contributed by atoms with van der Waals surface area (Å²) in [6, 6.07) is 24.6. The van der Waals surface area contributed by atoms with Crippen LogP contribution in [0.15, 0.2) is 72.8 Å². The van der Waals surface area contributed by atoms with E-state index in [0.29, 0.717) is 6.54 Å². The van der Waals surface area contributed by atoms with E-state index in [9.17, 15) is 4.79 Å². The van der Waals surface area contributed by atoms with Gasteiger partial charge in [0.25, 0.3) is 5.91 Å². The lowest BCUT2D eigenvalue weighted by atomic mass is 10.00. The van der Waals surface area contributed by atoms with Crippen molar-refractivity contribution >= 4 is 16.7 Å². The normalized spacial score (nSPS) is 19.6. The van der Waals surface area contributed by atoms with Crippen molar-refractivity contribution in [2.45, 2.75) is 13.0 Å². The van der Waals surface area contributed by atoms with Crippen molar-refractivity contribution in [2.24, 2.45) is 0 Å². The third-order valence-corrected chi connectivity index (χ3v) is 6.21. The molecule has 3 N–H and O–H groups in total. The molecule has 3 aromatic rings. The van der Waals surface area contributed by atoms with E-state index in [0.717, 1.165) is 45.1 Å². The van der Waals surface area contributed by atoms with Gasteiger partial charge in [-0.05, 0) is 35.4 Å². The number of ether oxygens (including phenoxy) is 1. The van der Waals surface area contributed by atoms with Gasteiger partial charge < -0.3 is 19.9 Å². The zero-order valence-corrected chi connectivity index (χ0v) is 18.3. The average Bonchev–Trinajstić information content (AvgIpc) is 2.80. The maximum absolute atomic E-state index is 12.7. The van der Waals surface area contributed by atoms with Crippen molar-refractivity contribution in [1.29, 1.82) is 0 Å². The molecule has 31 heavy (non-hydrogen) atoms. The van der Waals surface area contributed by atoms with E-state index < -0.39 is 0 Å². The van der Waals surface area contributed by atoms with Crippen LogP contribution in [0.4, 0.5) is 0 Å². The number of benzene rings is 3.